The Kier molecular flexibility index (Phi) is 7.09. The quantitative estimate of drug-likeness (QED) is 0.681. The standard InChI is InChI=1S/C24H28F3N3O3/c1-32-21-7-5-18(6-8-21)23(31)30-13-14-33-22(17-30)16-28-9-11-29(12-10-28)20-4-2-3-19(15-20)24(25,26)27/h2-8,15,22H,9-14,16-17H2,1H3. The van der Waals surface area contributed by atoms with Gasteiger partial charge in [-0.15, -0.1) is 0 Å². The van der Waals surface area contributed by atoms with Gasteiger partial charge in [0, 0.05) is 57.1 Å². The molecule has 2 saturated heterocycles. The second-order valence-corrected chi connectivity index (χ2v) is 8.31. The number of hydrogen-bond donors (Lipinski definition) is 0. The first-order valence-electron chi connectivity index (χ1n) is 11.0. The highest BCUT2D eigenvalue weighted by Gasteiger charge is 2.32. The molecule has 2 fully saturated rings. The van der Waals surface area contributed by atoms with Gasteiger partial charge in [0.15, 0.2) is 0 Å². The van der Waals surface area contributed by atoms with Crippen LogP contribution in [0, 0.1) is 0 Å². The number of alkyl halides is 3. The molecule has 2 heterocycles. The van der Waals surface area contributed by atoms with Crippen LogP contribution >= 0.6 is 0 Å². The summed E-state index contributed by atoms with van der Waals surface area (Å²) in [5.74, 6) is 0.677. The van der Waals surface area contributed by atoms with Gasteiger partial charge < -0.3 is 19.3 Å². The van der Waals surface area contributed by atoms with Gasteiger partial charge in [0.1, 0.15) is 5.75 Å². The highest BCUT2D eigenvalue weighted by Crippen LogP contribution is 2.32. The van der Waals surface area contributed by atoms with Gasteiger partial charge in [0.05, 0.1) is 25.4 Å². The van der Waals surface area contributed by atoms with Crippen molar-refractivity contribution >= 4 is 11.6 Å². The highest BCUT2D eigenvalue weighted by molar-refractivity contribution is 5.94. The molecule has 2 aromatic rings. The molecule has 0 aromatic heterocycles. The number of benzene rings is 2. The number of amides is 1. The van der Waals surface area contributed by atoms with Gasteiger partial charge in [0.25, 0.3) is 5.91 Å². The molecule has 1 amide bonds. The molecule has 178 valence electrons. The minimum Gasteiger partial charge on any atom is -0.497 e. The molecule has 0 aliphatic carbocycles. The Hall–Kier alpha value is -2.78. The lowest BCUT2D eigenvalue weighted by molar-refractivity contribution is -0.137. The SMILES string of the molecule is COc1ccc(C(=O)N2CCOC(CN3CCN(c4cccc(C(F)(F)F)c4)CC3)C2)cc1. The number of halogens is 3. The first kappa shape index (κ1) is 23.4. The van der Waals surface area contributed by atoms with Gasteiger partial charge in [-0.25, -0.2) is 0 Å². The molecule has 0 bridgehead atoms. The third-order valence-corrected chi connectivity index (χ3v) is 6.14. The van der Waals surface area contributed by atoms with Crippen LogP contribution in [0.15, 0.2) is 48.5 Å². The van der Waals surface area contributed by atoms with Crippen LogP contribution in [0.2, 0.25) is 0 Å². The Labute approximate surface area is 191 Å². The number of carbonyl (C=O) groups excluding carboxylic acids is 1. The Morgan fingerprint density at radius 1 is 1.06 bits per heavy atom. The number of carbonyl (C=O) groups is 1. The van der Waals surface area contributed by atoms with Gasteiger partial charge in [0.2, 0.25) is 0 Å². The molecule has 0 spiro atoms. The van der Waals surface area contributed by atoms with Crippen LogP contribution in [-0.2, 0) is 10.9 Å². The highest BCUT2D eigenvalue weighted by atomic mass is 19.4. The number of anilines is 1. The maximum atomic E-state index is 13.0. The Morgan fingerprint density at radius 2 is 1.79 bits per heavy atom. The summed E-state index contributed by atoms with van der Waals surface area (Å²) >= 11 is 0. The summed E-state index contributed by atoms with van der Waals surface area (Å²) < 4.78 is 50.1. The molecule has 33 heavy (non-hydrogen) atoms. The lowest BCUT2D eigenvalue weighted by atomic mass is 10.1. The van der Waals surface area contributed by atoms with Crippen LogP contribution in [0.3, 0.4) is 0 Å². The molecule has 2 aromatic carbocycles. The maximum absolute atomic E-state index is 13.0. The summed E-state index contributed by atoms with van der Waals surface area (Å²) in [5.41, 5.74) is 0.584. The minimum atomic E-state index is -4.34. The summed E-state index contributed by atoms with van der Waals surface area (Å²) in [6, 6.07) is 12.6. The molecule has 0 radical (unpaired) electrons. The summed E-state index contributed by atoms with van der Waals surface area (Å²) in [4.78, 5) is 18.9. The molecule has 9 heteroatoms. The number of nitrogens with zero attached hydrogens (tertiary/aromatic N) is 3. The minimum absolute atomic E-state index is 0.0275. The fourth-order valence-corrected chi connectivity index (χ4v) is 4.29. The zero-order valence-electron chi connectivity index (χ0n) is 18.6. The average molecular weight is 464 g/mol. The van der Waals surface area contributed by atoms with Crippen molar-refractivity contribution in [1.82, 2.24) is 9.80 Å². The first-order chi connectivity index (χ1) is 15.8. The second kappa shape index (κ2) is 10.0. The zero-order chi connectivity index (χ0) is 23.4. The Bertz CT molecular complexity index is 944. The van der Waals surface area contributed by atoms with Gasteiger partial charge in [-0.1, -0.05) is 6.07 Å². The fraction of sp³-hybridized carbons (Fsp3) is 0.458. The summed E-state index contributed by atoms with van der Waals surface area (Å²) in [7, 11) is 1.59. The molecule has 6 nitrogen and oxygen atoms in total. The van der Waals surface area contributed by atoms with Crippen LogP contribution in [0.5, 0.6) is 5.75 Å². The van der Waals surface area contributed by atoms with E-state index in [1.807, 2.05) is 9.80 Å². The number of hydrogen-bond acceptors (Lipinski definition) is 5. The molecular formula is C24H28F3N3O3. The van der Waals surface area contributed by atoms with E-state index in [1.165, 1.54) is 12.1 Å². The summed E-state index contributed by atoms with van der Waals surface area (Å²) in [6.45, 7) is 4.96. The van der Waals surface area contributed by atoms with Gasteiger partial charge in [-0.3, -0.25) is 9.69 Å². The molecule has 0 N–H and O–H groups in total. The summed E-state index contributed by atoms with van der Waals surface area (Å²) in [5, 5.41) is 0. The van der Waals surface area contributed by atoms with E-state index in [4.69, 9.17) is 9.47 Å². The predicted octanol–water partition coefficient (Wildman–Crippen LogP) is 3.38. The van der Waals surface area contributed by atoms with Crippen molar-refractivity contribution in [1.29, 1.82) is 0 Å². The molecule has 2 aliphatic heterocycles. The number of piperazine rings is 1. The van der Waals surface area contributed by atoms with Gasteiger partial charge >= 0.3 is 6.18 Å². The number of rotatable bonds is 5. The summed E-state index contributed by atoms with van der Waals surface area (Å²) in [6.07, 6.45) is -4.44. The van der Waals surface area contributed by atoms with Crippen molar-refractivity contribution in [3.05, 3.63) is 59.7 Å². The third-order valence-electron chi connectivity index (χ3n) is 6.14. The van der Waals surface area contributed by atoms with E-state index in [9.17, 15) is 18.0 Å². The Morgan fingerprint density at radius 3 is 2.45 bits per heavy atom. The van der Waals surface area contributed by atoms with Gasteiger partial charge in [-0.2, -0.15) is 13.2 Å². The molecule has 0 saturated carbocycles. The largest absolute Gasteiger partial charge is 0.497 e. The van der Waals surface area contributed by atoms with E-state index in [-0.39, 0.29) is 12.0 Å². The van der Waals surface area contributed by atoms with E-state index < -0.39 is 11.7 Å². The van der Waals surface area contributed by atoms with Crippen molar-refractivity contribution < 1.29 is 27.4 Å². The second-order valence-electron chi connectivity index (χ2n) is 8.31. The molecule has 2 aliphatic rings. The van der Waals surface area contributed by atoms with E-state index in [2.05, 4.69) is 4.90 Å². The first-order valence-corrected chi connectivity index (χ1v) is 11.0. The smallest absolute Gasteiger partial charge is 0.416 e. The van der Waals surface area contributed by atoms with Crippen molar-refractivity contribution in [2.24, 2.45) is 0 Å². The third kappa shape index (κ3) is 5.78. The normalized spacial score (nSPS) is 20.1. The van der Waals surface area contributed by atoms with Crippen LogP contribution in [0.1, 0.15) is 15.9 Å². The number of methoxy groups -OCH3 is 1. The van der Waals surface area contributed by atoms with E-state index in [0.717, 1.165) is 19.2 Å². The fourth-order valence-electron chi connectivity index (χ4n) is 4.29. The average Bonchev–Trinajstić information content (AvgIpc) is 2.84. The lowest BCUT2D eigenvalue weighted by Gasteiger charge is -2.40. The monoisotopic (exact) mass is 463 g/mol. The van der Waals surface area contributed by atoms with Crippen LogP contribution in [-0.4, -0.2) is 81.3 Å². The molecule has 4 rings (SSSR count). The number of ether oxygens (including phenoxy) is 2. The van der Waals surface area contributed by atoms with E-state index in [0.29, 0.717) is 56.3 Å². The van der Waals surface area contributed by atoms with Crippen LogP contribution < -0.4 is 9.64 Å². The van der Waals surface area contributed by atoms with Crippen molar-refractivity contribution in [2.45, 2.75) is 12.3 Å². The maximum Gasteiger partial charge on any atom is 0.416 e. The van der Waals surface area contributed by atoms with E-state index >= 15 is 0 Å². The number of morpholine rings is 1. The Balaban J connectivity index is 1.29. The topological polar surface area (TPSA) is 45.2 Å². The predicted molar refractivity (Wildman–Crippen MR) is 119 cm³/mol. The lowest BCUT2D eigenvalue weighted by Crippen LogP contribution is -2.53. The van der Waals surface area contributed by atoms with Crippen LogP contribution in [0.25, 0.3) is 0 Å². The van der Waals surface area contributed by atoms with Crippen molar-refractivity contribution in [2.75, 3.05) is 64.4 Å². The molecule has 1 atom stereocenters. The molecular weight excluding hydrogens is 435 g/mol. The van der Waals surface area contributed by atoms with Gasteiger partial charge in [-0.05, 0) is 42.5 Å². The van der Waals surface area contributed by atoms with Crippen LogP contribution in [0.4, 0.5) is 18.9 Å². The molecule has 1 unspecified atom stereocenters. The zero-order valence-corrected chi connectivity index (χ0v) is 18.6. The van der Waals surface area contributed by atoms with Crippen molar-refractivity contribution in [3.8, 4) is 5.75 Å². The van der Waals surface area contributed by atoms with Crippen molar-refractivity contribution in [3.63, 3.8) is 0 Å². The van der Waals surface area contributed by atoms with E-state index in [1.54, 1.807) is 37.4 Å².